The summed E-state index contributed by atoms with van der Waals surface area (Å²) in [6.45, 7) is 6.11. The van der Waals surface area contributed by atoms with Crippen molar-refractivity contribution in [1.82, 2.24) is 4.90 Å². The molecule has 0 spiro atoms. The molecule has 1 amide bonds. The van der Waals surface area contributed by atoms with Crippen molar-refractivity contribution in [3.05, 3.63) is 0 Å². The van der Waals surface area contributed by atoms with E-state index in [1.807, 2.05) is 0 Å². The van der Waals surface area contributed by atoms with E-state index in [9.17, 15) is 14.0 Å². The van der Waals surface area contributed by atoms with Gasteiger partial charge in [0, 0.05) is 6.42 Å². The number of carboxylic acids is 1. The summed E-state index contributed by atoms with van der Waals surface area (Å²) >= 11 is 0. The first kappa shape index (κ1) is 13.7. The van der Waals surface area contributed by atoms with Crippen molar-refractivity contribution in [2.45, 2.75) is 51.4 Å². The van der Waals surface area contributed by atoms with E-state index in [-0.39, 0.29) is 13.0 Å². The lowest BCUT2D eigenvalue weighted by Crippen LogP contribution is -2.52. The Labute approximate surface area is 99.5 Å². The molecule has 0 aromatic rings. The van der Waals surface area contributed by atoms with Crippen LogP contribution < -0.4 is 0 Å². The molecule has 17 heavy (non-hydrogen) atoms. The van der Waals surface area contributed by atoms with Gasteiger partial charge in [-0.1, -0.05) is 0 Å². The Bertz CT molecular complexity index is 339. The van der Waals surface area contributed by atoms with Gasteiger partial charge in [-0.15, -0.1) is 0 Å². The lowest BCUT2D eigenvalue weighted by Gasteiger charge is -2.32. The second-order valence-electron chi connectivity index (χ2n) is 5.47. The van der Waals surface area contributed by atoms with Crippen LogP contribution in [0.15, 0.2) is 0 Å². The summed E-state index contributed by atoms with van der Waals surface area (Å²) < 4.78 is 18.4. The minimum atomic E-state index is -1.53. The van der Waals surface area contributed by atoms with Crippen LogP contribution in [0, 0.1) is 0 Å². The number of carbonyl (C=O) groups excluding carboxylic acids is 1. The van der Waals surface area contributed by atoms with E-state index in [1.54, 1.807) is 20.8 Å². The predicted molar refractivity (Wildman–Crippen MR) is 58.5 cm³/mol. The van der Waals surface area contributed by atoms with Gasteiger partial charge in [-0.05, 0) is 27.7 Å². The largest absolute Gasteiger partial charge is 0.480 e. The first-order chi connectivity index (χ1) is 7.56. The van der Waals surface area contributed by atoms with Crippen molar-refractivity contribution < 1.29 is 23.8 Å². The fourth-order valence-electron chi connectivity index (χ4n) is 1.80. The summed E-state index contributed by atoms with van der Waals surface area (Å²) in [6.07, 6.45) is -2.33. The van der Waals surface area contributed by atoms with Gasteiger partial charge < -0.3 is 9.84 Å². The lowest BCUT2D eigenvalue weighted by atomic mass is 9.99. The molecule has 6 heteroatoms. The van der Waals surface area contributed by atoms with Gasteiger partial charge in [0.15, 0.2) is 0 Å². The fraction of sp³-hybridized carbons (Fsp3) is 0.818. The smallest absolute Gasteiger partial charge is 0.411 e. The van der Waals surface area contributed by atoms with Crippen molar-refractivity contribution in [2.24, 2.45) is 0 Å². The van der Waals surface area contributed by atoms with E-state index in [0.717, 1.165) is 4.90 Å². The Morgan fingerprint density at radius 2 is 2.00 bits per heavy atom. The number of aliphatic carboxylic acids is 1. The van der Waals surface area contributed by atoms with Gasteiger partial charge in [-0.25, -0.2) is 14.0 Å². The molecule has 1 heterocycles. The van der Waals surface area contributed by atoms with Crippen molar-refractivity contribution in [3.63, 3.8) is 0 Å². The second kappa shape index (κ2) is 4.16. The Morgan fingerprint density at radius 3 is 2.41 bits per heavy atom. The maximum absolute atomic E-state index is 13.3. The van der Waals surface area contributed by atoms with Crippen molar-refractivity contribution in [2.75, 3.05) is 6.54 Å². The minimum Gasteiger partial charge on any atom is -0.480 e. The Kier molecular flexibility index (Phi) is 3.36. The molecule has 1 aliphatic rings. The van der Waals surface area contributed by atoms with E-state index >= 15 is 0 Å². The number of hydrogen-bond donors (Lipinski definition) is 1. The van der Waals surface area contributed by atoms with Gasteiger partial charge in [0.1, 0.15) is 17.3 Å². The molecule has 2 atom stereocenters. The highest BCUT2D eigenvalue weighted by atomic mass is 19.1. The van der Waals surface area contributed by atoms with Crippen LogP contribution >= 0.6 is 0 Å². The molecule has 0 aromatic heterocycles. The number of carboxylic acid groups (broad SMARTS) is 1. The van der Waals surface area contributed by atoms with E-state index in [0.29, 0.717) is 0 Å². The maximum Gasteiger partial charge on any atom is 0.411 e. The van der Waals surface area contributed by atoms with Crippen LogP contribution in [0.2, 0.25) is 0 Å². The Morgan fingerprint density at radius 1 is 1.47 bits per heavy atom. The number of amides is 1. The normalized spacial score (nSPS) is 29.2. The zero-order valence-electron chi connectivity index (χ0n) is 10.5. The van der Waals surface area contributed by atoms with Crippen LogP contribution in [0.5, 0.6) is 0 Å². The van der Waals surface area contributed by atoms with Gasteiger partial charge in [-0.3, -0.25) is 4.90 Å². The number of carbonyl (C=O) groups is 2. The van der Waals surface area contributed by atoms with Gasteiger partial charge >= 0.3 is 12.1 Å². The molecular formula is C11H18FNO4. The number of alkyl halides is 1. The third kappa shape index (κ3) is 2.87. The van der Waals surface area contributed by atoms with Crippen molar-refractivity contribution >= 4 is 12.1 Å². The molecule has 1 N–H and O–H groups in total. The summed E-state index contributed by atoms with van der Waals surface area (Å²) in [6, 6.07) is 0. The molecule has 1 saturated heterocycles. The molecule has 5 nitrogen and oxygen atoms in total. The Balaban J connectivity index is 2.88. The maximum atomic E-state index is 13.3. The van der Waals surface area contributed by atoms with Crippen LogP contribution in [0.1, 0.15) is 34.1 Å². The minimum absolute atomic E-state index is 0.207. The van der Waals surface area contributed by atoms with E-state index in [1.165, 1.54) is 6.92 Å². The molecule has 1 rings (SSSR count). The number of ether oxygens (including phenoxy) is 1. The molecular weight excluding hydrogens is 229 g/mol. The number of hydrogen-bond acceptors (Lipinski definition) is 3. The fourth-order valence-corrected chi connectivity index (χ4v) is 1.80. The van der Waals surface area contributed by atoms with Gasteiger partial charge in [0.05, 0.1) is 6.54 Å². The first-order valence-electron chi connectivity index (χ1n) is 5.44. The molecule has 0 saturated carbocycles. The monoisotopic (exact) mass is 247 g/mol. The molecule has 1 aliphatic heterocycles. The van der Waals surface area contributed by atoms with Gasteiger partial charge in [0.25, 0.3) is 0 Å². The third-order valence-electron chi connectivity index (χ3n) is 2.67. The molecule has 0 aromatic carbocycles. The van der Waals surface area contributed by atoms with Crippen LogP contribution in [-0.4, -0.2) is 45.9 Å². The average molecular weight is 247 g/mol. The molecule has 98 valence electrons. The predicted octanol–water partition coefficient (Wildman–Crippen LogP) is 1.81. The van der Waals surface area contributed by atoms with E-state index < -0.39 is 29.4 Å². The topological polar surface area (TPSA) is 66.8 Å². The third-order valence-corrected chi connectivity index (χ3v) is 2.67. The van der Waals surface area contributed by atoms with Crippen molar-refractivity contribution in [3.8, 4) is 0 Å². The second-order valence-corrected chi connectivity index (χ2v) is 5.47. The summed E-state index contributed by atoms with van der Waals surface area (Å²) in [5.41, 5.74) is -2.26. The lowest BCUT2D eigenvalue weighted by molar-refractivity contribution is -0.148. The molecule has 1 fully saturated rings. The standard InChI is InChI=1S/C11H18FNO4/c1-10(2,3)17-9(16)13-6-7(12)5-11(13,4)8(14)15/h7H,5-6H2,1-4H3,(H,14,15)/t7-,11+/m0/s1. The number of nitrogens with zero attached hydrogens (tertiary/aromatic N) is 1. The summed E-state index contributed by atoms with van der Waals surface area (Å²) in [5, 5.41) is 9.09. The van der Waals surface area contributed by atoms with E-state index in [2.05, 4.69) is 0 Å². The highest BCUT2D eigenvalue weighted by Gasteiger charge is 2.51. The zero-order valence-corrected chi connectivity index (χ0v) is 10.5. The molecule has 0 bridgehead atoms. The number of likely N-dealkylation sites (tertiary alicyclic amines) is 1. The zero-order chi connectivity index (χ0) is 13.4. The number of rotatable bonds is 1. The summed E-state index contributed by atoms with van der Waals surface area (Å²) in [4.78, 5) is 23.9. The highest BCUT2D eigenvalue weighted by Crippen LogP contribution is 2.32. The number of halogens is 1. The SMILES string of the molecule is CC(C)(C)OC(=O)N1C[C@@H](F)C[C@]1(C)C(=O)O. The van der Waals surface area contributed by atoms with Crippen LogP contribution in [0.25, 0.3) is 0 Å². The van der Waals surface area contributed by atoms with Crippen LogP contribution in [0.4, 0.5) is 9.18 Å². The Hall–Kier alpha value is -1.33. The van der Waals surface area contributed by atoms with Gasteiger partial charge in [0.2, 0.25) is 0 Å². The molecule has 0 radical (unpaired) electrons. The average Bonchev–Trinajstić information content (AvgIpc) is 2.40. The highest BCUT2D eigenvalue weighted by molar-refractivity contribution is 5.85. The summed E-state index contributed by atoms with van der Waals surface area (Å²) in [5.74, 6) is -1.22. The quantitative estimate of drug-likeness (QED) is 0.767. The van der Waals surface area contributed by atoms with Gasteiger partial charge in [-0.2, -0.15) is 0 Å². The molecule has 0 aliphatic carbocycles. The van der Waals surface area contributed by atoms with Crippen LogP contribution in [0.3, 0.4) is 0 Å². The van der Waals surface area contributed by atoms with E-state index in [4.69, 9.17) is 9.84 Å². The molecule has 0 unspecified atom stereocenters. The van der Waals surface area contributed by atoms with Crippen LogP contribution in [-0.2, 0) is 9.53 Å². The van der Waals surface area contributed by atoms with Crippen molar-refractivity contribution in [1.29, 1.82) is 0 Å². The first-order valence-corrected chi connectivity index (χ1v) is 5.44. The summed E-state index contributed by atoms with van der Waals surface area (Å²) in [7, 11) is 0.